The van der Waals surface area contributed by atoms with E-state index in [4.69, 9.17) is 11.6 Å². The Kier molecular flexibility index (Phi) is 3.92. The third-order valence-electron chi connectivity index (χ3n) is 3.04. The summed E-state index contributed by atoms with van der Waals surface area (Å²) in [6, 6.07) is 6.19. The minimum atomic E-state index is -1.20. The molecule has 0 aliphatic heterocycles. The summed E-state index contributed by atoms with van der Waals surface area (Å²) in [5.41, 5.74) is 0.0723. The third kappa shape index (κ3) is 2.96. The average Bonchev–Trinajstić information content (AvgIpc) is 2.70. The first-order valence-electron chi connectivity index (χ1n) is 6.12. The van der Waals surface area contributed by atoms with Crippen molar-refractivity contribution in [1.82, 2.24) is 9.78 Å². The van der Waals surface area contributed by atoms with E-state index in [2.05, 4.69) is 5.10 Å². The van der Waals surface area contributed by atoms with Crippen LogP contribution in [-0.4, -0.2) is 14.9 Å². The Morgan fingerprint density at radius 3 is 2.84 bits per heavy atom. The van der Waals surface area contributed by atoms with Gasteiger partial charge in [-0.2, -0.15) is 5.10 Å². The van der Waals surface area contributed by atoms with Crippen LogP contribution in [0.5, 0.6) is 0 Å². The zero-order valence-corrected chi connectivity index (χ0v) is 11.7. The van der Waals surface area contributed by atoms with Gasteiger partial charge in [-0.3, -0.25) is 4.68 Å². The highest BCUT2D eigenvalue weighted by atomic mass is 35.5. The van der Waals surface area contributed by atoms with Crippen LogP contribution in [0.15, 0.2) is 30.5 Å². The fourth-order valence-corrected chi connectivity index (χ4v) is 2.61. The van der Waals surface area contributed by atoms with Gasteiger partial charge in [0, 0.05) is 13.0 Å². The molecule has 0 saturated carbocycles. The fraction of sp³-hybridized carbons (Fsp3) is 0.357. The summed E-state index contributed by atoms with van der Waals surface area (Å²) >= 11 is 6.09. The van der Waals surface area contributed by atoms with E-state index in [1.165, 1.54) is 18.3 Å². The lowest BCUT2D eigenvalue weighted by Gasteiger charge is -2.25. The number of rotatable bonds is 4. The first kappa shape index (κ1) is 14.0. The second-order valence-electron chi connectivity index (χ2n) is 4.74. The molecule has 1 aromatic heterocycles. The zero-order valence-electron chi connectivity index (χ0n) is 10.9. The Hall–Kier alpha value is -1.39. The molecule has 19 heavy (non-hydrogen) atoms. The van der Waals surface area contributed by atoms with Gasteiger partial charge in [0.1, 0.15) is 11.4 Å². The number of hydrogen-bond donors (Lipinski definition) is 1. The van der Waals surface area contributed by atoms with Gasteiger partial charge < -0.3 is 5.11 Å². The van der Waals surface area contributed by atoms with Crippen LogP contribution < -0.4 is 0 Å². The monoisotopic (exact) mass is 282 g/mol. The predicted octanol–water partition coefficient (Wildman–Crippen LogP) is 3.15. The van der Waals surface area contributed by atoms with Crippen LogP contribution >= 0.6 is 11.6 Å². The van der Waals surface area contributed by atoms with Gasteiger partial charge in [-0.25, -0.2) is 4.39 Å². The number of nitrogens with zero attached hydrogens (tertiary/aromatic N) is 2. The van der Waals surface area contributed by atoms with Crippen LogP contribution in [0, 0.1) is 5.82 Å². The molecule has 0 amide bonds. The molecule has 1 aromatic carbocycles. The fourth-order valence-electron chi connectivity index (χ4n) is 2.27. The maximum absolute atomic E-state index is 13.2. The first-order chi connectivity index (χ1) is 8.94. The maximum Gasteiger partial charge on any atom is 0.123 e. The second kappa shape index (κ2) is 5.31. The van der Waals surface area contributed by atoms with E-state index in [1.54, 1.807) is 23.7 Å². The van der Waals surface area contributed by atoms with Gasteiger partial charge in [-0.15, -0.1) is 0 Å². The number of aryl methyl sites for hydroxylation is 1. The normalized spacial score (nSPS) is 14.4. The standard InChI is InChI=1S/C14H16ClFN2O/c1-3-18-13(12(15)9-17-18)14(2,19)8-10-5-4-6-11(16)7-10/h4-7,9,19H,3,8H2,1-2H3. The van der Waals surface area contributed by atoms with Crippen LogP contribution in [-0.2, 0) is 18.6 Å². The summed E-state index contributed by atoms with van der Waals surface area (Å²) in [5, 5.41) is 15.2. The SMILES string of the molecule is CCn1ncc(Cl)c1C(C)(O)Cc1cccc(F)c1. The van der Waals surface area contributed by atoms with E-state index in [0.29, 0.717) is 22.8 Å². The van der Waals surface area contributed by atoms with Gasteiger partial charge in [-0.1, -0.05) is 23.7 Å². The second-order valence-corrected chi connectivity index (χ2v) is 5.14. The molecule has 0 fully saturated rings. The summed E-state index contributed by atoms with van der Waals surface area (Å²) in [4.78, 5) is 0. The molecule has 2 aromatic rings. The number of halogens is 2. The van der Waals surface area contributed by atoms with Crippen LogP contribution in [0.25, 0.3) is 0 Å². The summed E-state index contributed by atoms with van der Waals surface area (Å²) in [7, 11) is 0. The van der Waals surface area contributed by atoms with Gasteiger partial charge in [0.05, 0.1) is 16.9 Å². The largest absolute Gasteiger partial charge is 0.383 e. The summed E-state index contributed by atoms with van der Waals surface area (Å²) < 4.78 is 14.8. The first-order valence-corrected chi connectivity index (χ1v) is 6.50. The van der Waals surface area contributed by atoms with Crippen molar-refractivity contribution < 1.29 is 9.50 Å². The van der Waals surface area contributed by atoms with E-state index in [1.807, 2.05) is 6.92 Å². The quantitative estimate of drug-likeness (QED) is 0.935. The Morgan fingerprint density at radius 1 is 1.47 bits per heavy atom. The van der Waals surface area contributed by atoms with Gasteiger partial charge in [0.15, 0.2) is 0 Å². The van der Waals surface area contributed by atoms with Crippen LogP contribution in [0.2, 0.25) is 5.02 Å². The topological polar surface area (TPSA) is 38.0 Å². The molecular weight excluding hydrogens is 267 g/mol. The molecule has 102 valence electrons. The molecule has 3 nitrogen and oxygen atoms in total. The Bertz CT molecular complexity index is 581. The molecule has 0 aliphatic rings. The minimum absolute atomic E-state index is 0.274. The molecule has 0 spiro atoms. The van der Waals surface area contributed by atoms with Crippen molar-refractivity contribution in [2.45, 2.75) is 32.4 Å². The highest BCUT2D eigenvalue weighted by Crippen LogP contribution is 2.31. The molecule has 2 rings (SSSR count). The van der Waals surface area contributed by atoms with Crippen LogP contribution in [0.4, 0.5) is 4.39 Å². The number of aromatic nitrogens is 2. The van der Waals surface area contributed by atoms with Gasteiger partial charge in [0.2, 0.25) is 0 Å². The van der Waals surface area contributed by atoms with E-state index >= 15 is 0 Å². The average molecular weight is 283 g/mol. The molecule has 1 unspecified atom stereocenters. The molecule has 0 saturated heterocycles. The Morgan fingerprint density at radius 2 is 2.21 bits per heavy atom. The number of benzene rings is 1. The molecular formula is C14H16ClFN2O. The van der Waals surface area contributed by atoms with Gasteiger partial charge in [-0.05, 0) is 31.5 Å². The molecule has 0 aliphatic carbocycles. The number of hydrogen-bond acceptors (Lipinski definition) is 2. The summed E-state index contributed by atoms with van der Waals surface area (Å²) in [5.74, 6) is -0.316. The van der Waals surface area contributed by atoms with Crippen molar-refractivity contribution in [2.24, 2.45) is 0 Å². The molecule has 1 N–H and O–H groups in total. The lowest BCUT2D eigenvalue weighted by Crippen LogP contribution is -2.28. The van der Waals surface area contributed by atoms with E-state index in [0.717, 1.165) is 0 Å². The van der Waals surface area contributed by atoms with Crippen LogP contribution in [0.3, 0.4) is 0 Å². The van der Waals surface area contributed by atoms with E-state index < -0.39 is 5.60 Å². The van der Waals surface area contributed by atoms with Crippen LogP contribution in [0.1, 0.15) is 25.1 Å². The minimum Gasteiger partial charge on any atom is -0.383 e. The molecule has 0 bridgehead atoms. The van der Waals surface area contributed by atoms with Crippen molar-refractivity contribution in [3.63, 3.8) is 0 Å². The zero-order chi connectivity index (χ0) is 14.0. The van der Waals surface area contributed by atoms with Crippen molar-refractivity contribution in [3.8, 4) is 0 Å². The van der Waals surface area contributed by atoms with Crippen molar-refractivity contribution in [3.05, 3.63) is 52.6 Å². The van der Waals surface area contributed by atoms with Crippen molar-refractivity contribution in [2.75, 3.05) is 0 Å². The maximum atomic E-state index is 13.2. The van der Waals surface area contributed by atoms with E-state index in [9.17, 15) is 9.50 Å². The summed E-state index contributed by atoms with van der Waals surface area (Å²) in [6.45, 7) is 4.19. The Labute approximate surface area is 116 Å². The Balaban J connectivity index is 2.34. The number of aliphatic hydroxyl groups is 1. The van der Waals surface area contributed by atoms with Gasteiger partial charge >= 0.3 is 0 Å². The highest BCUT2D eigenvalue weighted by Gasteiger charge is 2.30. The van der Waals surface area contributed by atoms with Crippen molar-refractivity contribution >= 4 is 11.6 Å². The molecule has 1 atom stereocenters. The lowest BCUT2D eigenvalue weighted by molar-refractivity contribution is 0.0481. The van der Waals surface area contributed by atoms with E-state index in [-0.39, 0.29) is 12.2 Å². The summed E-state index contributed by atoms with van der Waals surface area (Å²) in [6.07, 6.45) is 1.79. The van der Waals surface area contributed by atoms with Crippen molar-refractivity contribution in [1.29, 1.82) is 0 Å². The van der Waals surface area contributed by atoms with Gasteiger partial charge in [0.25, 0.3) is 0 Å². The molecule has 0 radical (unpaired) electrons. The lowest BCUT2D eigenvalue weighted by atomic mass is 9.93. The molecule has 5 heteroatoms. The third-order valence-corrected chi connectivity index (χ3v) is 3.32. The molecule has 1 heterocycles. The highest BCUT2D eigenvalue weighted by molar-refractivity contribution is 6.31. The predicted molar refractivity (Wildman–Crippen MR) is 72.6 cm³/mol. The smallest absolute Gasteiger partial charge is 0.123 e.